The number of ether oxygens (including phenoxy) is 3. The van der Waals surface area contributed by atoms with Crippen LogP contribution in [0, 0.1) is 0 Å². The number of hydrogen-bond donors (Lipinski definition) is 1. The van der Waals surface area contributed by atoms with E-state index in [1.165, 1.54) is 17.9 Å². The van der Waals surface area contributed by atoms with E-state index < -0.39 is 18.0 Å². The van der Waals surface area contributed by atoms with Crippen LogP contribution in [0.2, 0.25) is 0 Å². The first-order chi connectivity index (χ1) is 14.0. The van der Waals surface area contributed by atoms with Gasteiger partial charge in [-0.3, -0.25) is 14.4 Å². The van der Waals surface area contributed by atoms with Crippen molar-refractivity contribution in [1.29, 1.82) is 0 Å². The molecule has 0 saturated heterocycles. The topological polar surface area (TPSA) is 94.2 Å². The molecule has 0 unspecified atom stereocenters. The van der Waals surface area contributed by atoms with Crippen LogP contribution in [0.1, 0.15) is 24.2 Å². The van der Waals surface area contributed by atoms with E-state index in [9.17, 15) is 14.4 Å². The van der Waals surface area contributed by atoms with Crippen LogP contribution in [0.4, 0.5) is 5.69 Å². The van der Waals surface area contributed by atoms with Crippen molar-refractivity contribution in [2.45, 2.75) is 20.0 Å². The Morgan fingerprint density at radius 2 is 1.83 bits per heavy atom. The number of likely N-dealkylation sites (N-methyl/N-ethyl adjacent to an activating group) is 1. The first-order valence-electron chi connectivity index (χ1n) is 9.23. The van der Waals surface area contributed by atoms with Gasteiger partial charge in [0.2, 0.25) is 6.79 Å². The largest absolute Gasteiger partial charge is 0.454 e. The van der Waals surface area contributed by atoms with Crippen molar-refractivity contribution in [2.24, 2.45) is 0 Å². The van der Waals surface area contributed by atoms with Crippen molar-refractivity contribution in [1.82, 2.24) is 5.32 Å². The molecule has 0 fully saturated rings. The lowest BCUT2D eigenvalue weighted by Crippen LogP contribution is -2.41. The highest BCUT2D eigenvalue weighted by molar-refractivity contribution is 5.98. The molecule has 29 heavy (non-hydrogen) atoms. The SMILES string of the molecule is CCN(C(=O)[C@@H](C)OC(=O)CNC(=O)c1ccc2c(c1)OCO2)c1ccccc1. The molecule has 3 rings (SSSR count). The van der Waals surface area contributed by atoms with E-state index in [0.717, 1.165) is 5.69 Å². The lowest BCUT2D eigenvalue weighted by molar-refractivity contribution is -0.152. The highest BCUT2D eigenvalue weighted by Crippen LogP contribution is 2.32. The monoisotopic (exact) mass is 398 g/mol. The number of nitrogens with zero attached hydrogens (tertiary/aromatic N) is 1. The molecule has 1 atom stereocenters. The van der Waals surface area contributed by atoms with Crippen LogP contribution in [-0.4, -0.2) is 43.8 Å². The number of rotatable bonds is 7. The smallest absolute Gasteiger partial charge is 0.326 e. The van der Waals surface area contributed by atoms with Gasteiger partial charge in [-0.1, -0.05) is 18.2 Å². The zero-order valence-corrected chi connectivity index (χ0v) is 16.2. The van der Waals surface area contributed by atoms with E-state index in [2.05, 4.69) is 5.32 Å². The standard InChI is InChI=1S/C21H22N2O6/c1-3-23(16-7-5-4-6-8-16)21(26)14(2)29-19(24)12-22-20(25)15-9-10-17-18(11-15)28-13-27-17/h4-11,14H,3,12-13H2,1-2H3,(H,22,25)/t14-/m1/s1. The van der Waals surface area contributed by atoms with E-state index in [1.54, 1.807) is 12.1 Å². The van der Waals surface area contributed by atoms with Crippen molar-refractivity contribution >= 4 is 23.5 Å². The predicted octanol–water partition coefficient (Wildman–Crippen LogP) is 2.13. The quantitative estimate of drug-likeness (QED) is 0.718. The van der Waals surface area contributed by atoms with Crippen molar-refractivity contribution in [3.8, 4) is 11.5 Å². The molecule has 2 aromatic carbocycles. The Hall–Kier alpha value is -3.55. The summed E-state index contributed by atoms with van der Waals surface area (Å²) in [6.45, 7) is 3.53. The summed E-state index contributed by atoms with van der Waals surface area (Å²) in [6, 6.07) is 13.9. The van der Waals surface area contributed by atoms with E-state index in [1.807, 2.05) is 37.3 Å². The van der Waals surface area contributed by atoms with Crippen LogP contribution in [-0.2, 0) is 14.3 Å². The molecule has 0 aromatic heterocycles. The molecular formula is C21H22N2O6. The lowest BCUT2D eigenvalue weighted by atomic mass is 10.2. The number of para-hydroxylation sites is 1. The number of fused-ring (bicyclic) bond motifs is 1. The maximum absolute atomic E-state index is 12.6. The molecule has 0 saturated carbocycles. The van der Waals surface area contributed by atoms with Gasteiger partial charge in [0.25, 0.3) is 11.8 Å². The molecule has 1 aliphatic heterocycles. The normalized spacial score (nSPS) is 12.8. The fourth-order valence-electron chi connectivity index (χ4n) is 2.87. The Bertz CT molecular complexity index is 899. The molecule has 8 nitrogen and oxygen atoms in total. The van der Waals surface area contributed by atoms with Crippen LogP contribution in [0.25, 0.3) is 0 Å². The number of esters is 1. The average Bonchev–Trinajstić information content (AvgIpc) is 3.21. The number of benzene rings is 2. The summed E-state index contributed by atoms with van der Waals surface area (Å²) in [4.78, 5) is 38.4. The third-order valence-corrected chi connectivity index (χ3v) is 4.33. The van der Waals surface area contributed by atoms with Gasteiger partial charge in [0, 0.05) is 17.8 Å². The van der Waals surface area contributed by atoms with Crippen molar-refractivity contribution in [3.63, 3.8) is 0 Å². The molecule has 0 spiro atoms. The zero-order chi connectivity index (χ0) is 20.8. The molecule has 0 aliphatic carbocycles. The van der Waals surface area contributed by atoms with Gasteiger partial charge in [-0.15, -0.1) is 0 Å². The minimum atomic E-state index is -0.981. The second-order valence-electron chi connectivity index (χ2n) is 6.30. The highest BCUT2D eigenvalue weighted by atomic mass is 16.7. The van der Waals surface area contributed by atoms with E-state index in [0.29, 0.717) is 23.6 Å². The number of carbonyl (C=O) groups is 3. The Balaban J connectivity index is 1.52. The third-order valence-electron chi connectivity index (χ3n) is 4.33. The van der Waals surface area contributed by atoms with Crippen LogP contribution in [0.15, 0.2) is 48.5 Å². The zero-order valence-electron chi connectivity index (χ0n) is 16.2. The molecule has 2 aromatic rings. The second-order valence-corrected chi connectivity index (χ2v) is 6.30. The molecule has 0 bridgehead atoms. The van der Waals surface area contributed by atoms with Crippen LogP contribution in [0.5, 0.6) is 11.5 Å². The van der Waals surface area contributed by atoms with Crippen molar-refractivity contribution < 1.29 is 28.6 Å². The highest BCUT2D eigenvalue weighted by Gasteiger charge is 2.24. The Morgan fingerprint density at radius 1 is 1.10 bits per heavy atom. The van der Waals surface area contributed by atoms with Gasteiger partial charge in [-0.05, 0) is 44.2 Å². The number of nitrogens with one attached hydrogen (secondary N) is 1. The Morgan fingerprint density at radius 3 is 2.55 bits per heavy atom. The Labute approximate surface area is 168 Å². The molecule has 0 radical (unpaired) electrons. The van der Waals surface area contributed by atoms with Crippen LogP contribution in [0.3, 0.4) is 0 Å². The molecule has 1 N–H and O–H groups in total. The van der Waals surface area contributed by atoms with Gasteiger partial charge in [0.05, 0.1) is 0 Å². The van der Waals surface area contributed by atoms with Gasteiger partial charge in [-0.2, -0.15) is 0 Å². The van der Waals surface area contributed by atoms with Crippen LogP contribution >= 0.6 is 0 Å². The first-order valence-corrected chi connectivity index (χ1v) is 9.23. The fourth-order valence-corrected chi connectivity index (χ4v) is 2.87. The summed E-state index contributed by atoms with van der Waals surface area (Å²) >= 11 is 0. The number of hydrogen-bond acceptors (Lipinski definition) is 6. The van der Waals surface area contributed by atoms with Gasteiger partial charge in [0.1, 0.15) is 6.54 Å². The molecule has 1 heterocycles. The minimum Gasteiger partial charge on any atom is -0.454 e. The van der Waals surface area contributed by atoms with Crippen LogP contribution < -0.4 is 19.7 Å². The van der Waals surface area contributed by atoms with Gasteiger partial charge < -0.3 is 24.4 Å². The van der Waals surface area contributed by atoms with Crippen molar-refractivity contribution in [3.05, 3.63) is 54.1 Å². The first kappa shape index (κ1) is 20.2. The summed E-state index contributed by atoms with van der Waals surface area (Å²) in [5.41, 5.74) is 1.05. The van der Waals surface area contributed by atoms with E-state index in [-0.39, 0.29) is 19.2 Å². The number of carbonyl (C=O) groups excluding carboxylic acids is 3. The average molecular weight is 398 g/mol. The van der Waals surface area contributed by atoms with E-state index in [4.69, 9.17) is 14.2 Å². The minimum absolute atomic E-state index is 0.108. The fraction of sp³-hybridized carbons (Fsp3) is 0.286. The van der Waals surface area contributed by atoms with Crippen molar-refractivity contribution in [2.75, 3.05) is 24.8 Å². The number of anilines is 1. The summed E-state index contributed by atoms with van der Waals surface area (Å²) in [6.07, 6.45) is -0.981. The number of amides is 2. The summed E-state index contributed by atoms with van der Waals surface area (Å²) in [5, 5.41) is 2.47. The summed E-state index contributed by atoms with van der Waals surface area (Å²) in [5.74, 6) is -0.468. The van der Waals surface area contributed by atoms with Gasteiger partial charge >= 0.3 is 5.97 Å². The summed E-state index contributed by atoms with van der Waals surface area (Å²) < 4.78 is 15.6. The third kappa shape index (κ3) is 4.84. The lowest BCUT2D eigenvalue weighted by Gasteiger charge is -2.24. The molecular weight excluding hydrogens is 376 g/mol. The maximum Gasteiger partial charge on any atom is 0.326 e. The van der Waals surface area contributed by atoms with E-state index >= 15 is 0 Å². The predicted molar refractivity (Wildman–Crippen MR) is 105 cm³/mol. The van der Waals surface area contributed by atoms with Gasteiger partial charge in [-0.25, -0.2) is 0 Å². The molecule has 1 aliphatic rings. The molecule has 152 valence electrons. The molecule has 2 amide bonds. The molecule has 8 heteroatoms. The second kappa shape index (κ2) is 9.09. The van der Waals surface area contributed by atoms with Gasteiger partial charge in [0.15, 0.2) is 17.6 Å². The summed E-state index contributed by atoms with van der Waals surface area (Å²) in [7, 11) is 0. The Kier molecular flexibility index (Phi) is 6.33. The maximum atomic E-state index is 12.6.